The van der Waals surface area contributed by atoms with Gasteiger partial charge in [0.05, 0.1) is 5.69 Å². The largest absolute Gasteiger partial charge is 0.334 e. The van der Waals surface area contributed by atoms with Gasteiger partial charge in [0.1, 0.15) is 5.69 Å². The summed E-state index contributed by atoms with van der Waals surface area (Å²) in [6.45, 7) is 4.50. The lowest BCUT2D eigenvalue weighted by atomic mass is 10.00. The van der Waals surface area contributed by atoms with Crippen LogP contribution in [0, 0.1) is 0 Å². The summed E-state index contributed by atoms with van der Waals surface area (Å²) in [5.41, 5.74) is 4.05. The van der Waals surface area contributed by atoms with Crippen molar-refractivity contribution in [1.29, 1.82) is 0 Å². The molecule has 3 heterocycles. The van der Waals surface area contributed by atoms with E-state index < -0.39 is 0 Å². The van der Waals surface area contributed by atoms with Crippen molar-refractivity contribution >= 4 is 40.5 Å². The van der Waals surface area contributed by atoms with E-state index in [0.717, 1.165) is 53.4 Å². The molecule has 10 heteroatoms. The molecule has 1 saturated heterocycles. The molecule has 0 bridgehead atoms. The van der Waals surface area contributed by atoms with Crippen molar-refractivity contribution in [3.63, 3.8) is 0 Å². The van der Waals surface area contributed by atoms with Crippen LogP contribution in [-0.4, -0.2) is 57.8 Å². The molecule has 32 heavy (non-hydrogen) atoms. The Labute approximate surface area is 189 Å². The molecule has 5 rings (SSSR count). The average molecular weight is 450 g/mol. The van der Waals surface area contributed by atoms with Gasteiger partial charge >= 0.3 is 0 Å². The lowest BCUT2D eigenvalue weighted by Crippen LogP contribution is -2.46. The van der Waals surface area contributed by atoms with Gasteiger partial charge in [-0.15, -0.1) is 11.3 Å². The van der Waals surface area contributed by atoms with E-state index in [1.165, 1.54) is 18.3 Å². The molecule has 0 atom stereocenters. The van der Waals surface area contributed by atoms with E-state index in [4.69, 9.17) is 9.97 Å². The Morgan fingerprint density at radius 3 is 2.72 bits per heavy atom. The highest BCUT2D eigenvalue weighted by Gasteiger charge is 2.27. The number of nitrogens with zero attached hydrogens (tertiary/aromatic N) is 4. The molecule has 1 aromatic carbocycles. The molecule has 0 unspecified atom stereocenters. The zero-order chi connectivity index (χ0) is 22.1. The van der Waals surface area contributed by atoms with Crippen LogP contribution in [0.1, 0.15) is 27.2 Å². The van der Waals surface area contributed by atoms with Gasteiger partial charge in [0.2, 0.25) is 11.9 Å². The molecule has 0 radical (unpaired) electrons. The lowest BCUT2D eigenvalue weighted by Gasteiger charge is -2.26. The van der Waals surface area contributed by atoms with Crippen molar-refractivity contribution < 1.29 is 9.59 Å². The first-order chi connectivity index (χ1) is 15.6. The summed E-state index contributed by atoms with van der Waals surface area (Å²) in [6, 6.07) is 7.37. The Bertz CT molecular complexity index is 1190. The Kier molecular flexibility index (Phi) is 5.54. The van der Waals surface area contributed by atoms with Crippen molar-refractivity contribution in [2.45, 2.75) is 19.8 Å². The maximum atomic E-state index is 12.9. The zero-order valence-corrected chi connectivity index (χ0v) is 18.5. The van der Waals surface area contributed by atoms with Gasteiger partial charge in [-0.25, -0.2) is 15.0 Å². The third kappa shape index (κ3) is 4.19. The number of carbonyl (C=O) groups excluding carboxylic acids is 2. The standard InChI is InChI=1S/C22H23N7O2S/c1-13(30)25-15-3-2-4-16(11-15)26-22-24-12-14-5-6-17-19(18(14)28-22)27-20(32-17)21(31)29-9-7-23-8-10-29/h2-4,11-12,23H,5-10H2,1H3,(H,25,30)(H,24,26,28). The van der Waals surface area contributed by atoms with Crippen LogP contribution >= 0.6 is 11.3 Å². The van der Waals surface area contributed by atoms with Crippen LogP contribution in [-0.2, 0) is 17.6 Å². The first-order valence-corrected chi connectivity index (χ1v) is 11.4. The molecule has 2 aliphatic rings. The number of nitrogens with one attached hydrogen (secondary N) is 3. The molecule has 3 aromatic rings. The highest BCUT2D eigenvalue weighted by atomic mass is 32.1. The Hall–Kier alpha value is -3.37. The first kappa shape index (κ1) is 20.5. The van der Waals surface area contributed by atoms with E-state index in [1.807, 2.05) is 35.4 Å². The van der Waals surface area contributed by atoms with E-state index in [2.05, 4.69) is 20.9 Å². The minimum absolute atomic E-state index is 0.00496. The summed E-state index contributed by atoms with van der Waals surface area (Å²) in [6.07, 6.45) is 3.48. The van der Waals surface area contributed by atoms with Gasteiger partial charge in [-0.1, -0.05) is 6.07 Å². The number of rotatable bonds is 4. The van der Waals surface area contributed by atoms with Crippen LogP contribution in [0.3, 0.4) is 0 Å². The van der Waals surface area contributed by atoms with Crippen molar-refractivity contribution in [3.8, 4) is 11.4 Å². The fraction of sp³-hybridized carbons (Fsp3) is 0.318. The molecule has 1 aliphatic heterocycles. The maximum Gasteiger partial charge on any atom is 0.282 e. The predicted molar refractivity (Wildman–Crippen MR) is 123 cm³/mol. The summed E-state index contributed by atoms with van der Waals surface area (Å²) in [5.74, 6) is 0.309. The summed E-state index contributed by atoms with van der Waals surface area (Å²) < 4.78 is 0. The van der Waals surface area contributed by atoms with Crippen molar-refractivity contribution in [1.82, 2.24) is 25.2 Å². The third-order valence-electron chi connectivity index (χ3n) is 5.43. The van der Waals surface area contributed by atoms with Gasteiger partial charge in [-0.05, 0) is 36.6 Å². The second-order valence-corrected chi connectivity index (χ2v) is 8.87. The zero-order valence-electron chi connectivity index (χ0n) is 17.6. The Morgan fingerprint density at radius 2 is 1.91 bits per heavy atom. The van der Waals surface area contributed by atoms with Gasteiger partial charge < -0.3 is 20.9 Å². The Balaban J connectivity index is 1.41. The third-order valence-corrected chi connectivity index (χ3v) is 6.54. The van der Waals surface area contributed by atoms with Gasteiger partial charge in [0, 0.05) is 55.6 Å². The molecule has 1 fully saturated rings. The number of anilines is 3. The fourth-order valence-corrected chi connectivity index (χ4v) is 4.94. The number of thiazole rings is 1. The van der Waals surface area contributed by atoms with Gasteiger partial charge in [-0.2, -0.15) is 0 Å². The highest BCUT2D eigenvalue weighted by Crippen LogP contribution is 2.36. The van der Waals surface area contributed by atoms with E-state index in [0.29, 0.717) is 29.7 Å². The summed E-state index contributed by atoms with van der Waals surface area (Å²) in [7, 11) is 0. The lowest BCUT2D eigenvalue weighted by molar-refractivity contribution is -0.114. The molecule has 3 N–H and O–H groups in total. The molecular weight excluding hydrogens is 426 g/mol. The van der Waals surface area contributed by atoms with Crippen molar-refractivity contribution in [2.75, 3.05) is 36.8 Å². The maximum absolute atomic E-state index is 12.9. The smallest absolute Gasteiger partial charge is 0.282 e. The van der Waals surface area contributed by atoms with Gasteiger partial charge in [-0.3, -0.25) is 9.59 Å². The number of aromatic nitrogens is 3. The van der Waals surface area contributed by atoms with Gasteiger partial charge in [0.25, 0.3) is 5.91 Å². The number of aryl methyl sites for hydroxylation is 2. The number of benzene rings is 1. The average Bonchev–Trinajstić information content (AvgIpc) is 3.24. The van der Waals surface area contributed by atoms with Crippen LogP contribution in [0.15, 0.2) is 30.5 Å². The fourth-order valence-electron chi connectivity index (χ4n) is 3.91. The molecule has 0 saturated carbocycles. The summed E-state index contributed by atoms with van der Waals surface area (Å²) >= 11 is 1.47. The first-order valence-electron chi connectivity index (χ1n) is 10.6. The molecule has 2 amide bonds. The van der Waals surface area contributed by atoms with Crippen molar-refractivity contribution in [3.05, 3.63) is 45.9 Å². The van der Waals surface area contributed by atoms with E-state index in [-0.39, 0.29) is 11.8 Å². The second kappa shape index (κ2) is 8.64. The number of carbonyl (C=O) groups is 2. The second-order valence-electron chi connectivity index (χ2n) is 7.79. The van der Waals surface area contributed by atoms with Gasteiger partial charge in [0.15, 0.2) is 5.01 Å². The van der Waals surface area contributed by atoms with E-state index >= 15 is 0 Å². The number of fused-ring (bicyclic) bond motifs is 3. The predicted octanol–water partition coefficient (Wildman–Crippen LogP) is 2.45. The Morgan fingerprint density at radius 1 is 1.09 bits per heavy atom. The molecule has 1 aliphatic carbocycles. The normalized spacial score (nSPS) is 15.0. The van der Waals surface area contributed by atoms with Crippen LogP contribution in [0.25, 0.3) is 11.4 Å². The van der Waals surface area contributed by atoms with Crippen LogP contribution in [0.5, 0.6) is 0 Å². The minimum atomic E-state index is -0.130. The SMILES string of the molecule is CC(=O)Nc1cccc(Nc2ncc3c(n2)-c2nc(C(=O)N4CCNCC4)sc2CC3)c1. The number of hydrogen-bond donors (Lipinski definition) is 3. The minimum Gasteiger partial charge on any atom is -0.334 e. The molecule has 0 spiro atoms. The summed E-state index contributed by atoms with van der Waals surface area (Å²) in [5, 5.41) is 9.76. The highest BCUT2D eigenvalue weighted by molar-refractivity contribution is 7.14. The monoisotopic (exact) mass is 449 g/mol. The van der Waals surface area contributed by atoms with E-state index in [1.54, 1.807) is 0 Å². The molecule has 164 valence electrons. The topological polar surface area (TPSA) is 112 Å². The number of piperazine rings is 1. The van der Waals surface area contributed by atoms with E-state index in [9.17, 15) is 9.59 Å². The van der Waals surface area contributed by atoms with Crippen LogP contribution in [0.2, 0.25) is 0 Å². The molecule has 9 nitrogen and oxygen atoms in total. The quantitative estimate of drug-likeness (QED) is 0.561. The van der Waals surface area contributed by atoms with Crippen LogP contribution < -0.4 is 16.0 Å². The number of hydrogen-bond acceptors (Lipinski definition) is 8. The number of amides is 2. The van der Waals surface area contributed by atoms with Crippen LogP contribution in [0.4, 0.5) is 17.3 Å². The molecular formula is C22H23N7O2S. The summed E-state index contributed by atoms with van der Waals surface area (Å²) in [4.78, 5) is 41.1. The molecule has 2 aromatic heterocycles. The van der Waals surface area contributed by atoms with Crippen molar-refractivity contribution in [2.24, 2.45) is 0 Å².